The first-order chi connectivity index (χ1) is 12.4. The van der Waals surface area contributed by atoms with Gasteiger partial charge in [-0.2, -0.15) is 29.5 Å². The van der Waals surface area contributed by atoms with Crippen molar-refractivity contribution in [1.29, 1.82) is 0 Å². The van der Waals surface area contributed by atoms with Crippen LogP contribution in [0.15, 0.2) is 45.6 Å². The molecule has 5 nitrogen and oxygen atoms in total. The standard InChI is InChI=1S/C17H13F3N2O3S/c18-17(19,20)13-3-1-11(2-4-13)9-24-15(23)6-5-14-21-16(22-25-14)12-7-8-26-10-12/h1-4,7-8,10H,5-6,9H2. The van der Waals surface area contributed by atoms with E-state index < -0.39 is 17.7 Å². The van der Waals surface area contributed by atoms with Crippen molar-refractivity contribution in [2.24, 2.45) is 0 Å². The van der Waals surface area contributed by atoms with Gasteiger partial charge in [0.25, 0.3) is 0 Å². The second kappa shape index (κ2) is 7.69. The van der Waals surface area contributed by atoms with E-state index >= 15 is 0 Å². The lowest BCUT2D eigenvalue weighted by atomic mass is 10.1. The zero-order valence-electron chi connectivity index (χ0n) is 13.3. The summed E-state index contributed by atoms with van der Waals surface area (Å²) < 4.78 is 47.6. The smallest absolute Gasteiger partial charge is 0.416 e. The molecule has 1 aromatic carbocycles. The predicted molar refractivity (Wildman–Crippen MR) is 87.2 cm³/mol. The summed E-state index contributed by atoms with van der Waals surface area (Å²) in [6.45, 7) is -0.0963. The van der Waals surface area contributed by atoms with E-state index in [1.807, 2.05) is 16.8 Å². The van der Waals surface area contributed by atoms with Crippen molar-refractivity contribution in [1.82, 2.24) is 10.1 Å². The van der Waals surface area contributed by atoms with Crippen LogP contribution in [-0.2, 0) is 28.7 Å². The van der Waals surface area contributed by atoms with Gasteiger partial charge in [-0.1, -0.05) is 17.3 Å². The molecule has 0 saturated heterocycles. The summed E-state index contributed by atoms with van der Waals surface area (Å²) in [6, 6.07) is 6.32. The maximum Gasteiger partial charge on any atom is 0.416 e. The molecule has 0 spiro atoms. The molecule has 0 amide bonds. The Morgan fingerprint density at radius 3 is 2.62 bits per heavy atom. The zero-order valence-corrected chi connectivity index (χ0v) is 14.1. The van der Waals surface area contributed by atoms with Crippen LogP contribution >= 0.6 is 11.3 Å². The number of thiophene rings is 1. The van der Waals surface area contributed by atoms with Crippen molar-refractivity contribution < 1.29 is 27.2 Å². The fourth-order valence-corrected chi connectivity index (χ4v) is 2.73. The van der Waals surface area contributed by atoms with Crippen molar-refractivity contribution in [3.63, 3.8) is 0 Å². The van der Waals surface area contributed by atoms with Gasteiger partial charge in [-0.15, -0.1) is 0 Å². The number of aryl methyl sites for hydroxylation is 1. The zero-order chi connectivity index (χ0) is 18.6. The van der Waals surface area contributed by atoms with Gasteiger partial charge in [0.2, 0.25) is 11.7 Å². The molecule has 2 heterocycles. The molecule has 0 atom stereocenters. The van der Waals surface area contributed by atoms with Crippen LogP contribution in [0.4, 0.5) is 13.2 Å². The van der Waals surface area contributed by atoms with Crippen LogP contribution in [0.3, 0.4) is 0 Å². The van der Waals surface area contributed by atoms with Crippen LogP contribution in [0.1, 0.15) is 23.4 Å². The number of ether oxygens (including phenoxy) is 1. The molecular weight excluding hydrogens is 369 g/mol. The Labute approximate surface area is 150 Å². The first kappa shape index (κ1) is 18.1. The minimum absolute atomic E-state index is 0.0336. The first-order valence-corrected chi connectivity index (χ1v) is 8.53. The minimum atomic E-state index is -4.39. The van der Waals surface area contributed by atoms with E-state index in [9.17, 15) is 18.0 Å². The quantitative estimate of drug-likeness (QED) is 0.588. The summed E-state index contributed by atoms with van der Waals surface area (Å²) in [5, 5.41) is 7.61. The number of nitrogens with zero attached hydrogens (tertiary/aromatic N) is 2. The van der Waals surface area contributed by atoms with Crippen molar-refractivity contribution in [2.75, 3.05) is 0 Å². The SMILES string of the molecule is O=C(CCc1nc(-c2ccsc2)no1)OCc1ccc(C(F)(F)F)cc1. The summed E-state index contributed by atoms with van der Waals surface area (Å²) in [5.74, 6) is 0.275. The topological polar surface area (TPSA) is 65.2 Å². The fraction of sp³-hybridized carbons (Fsp3) is 0.235. The number of benzene rings is 1. The second-order valence-corrected chi connectivity index (χ2v) is 6.16. The Morgan fingerprint density at radius 1 is 1.19 bits per heavy atom. The summed E-state index contributed by atoms with van der Waals surface area (Å²) in [5.41, 5.74) is 0.573. The Hall–Kier alpha value is -2.68. The lowest BCUT2D eigenvalue weighted by molar-refractivity contribution is -0.145. The monoisotopic (exact) mass is 382 g/mol. The van der Waals surface area contributed by atoms with Gasteiger partial charge in [0.05, 0.1) is 12.0 Å². The molecule has 0 aliphatic rings. The molecular formula is C17H13F3N2O3S. The molecule has 0 aliphatic heterocycles. The Morgan fingerprint density at radius 2 is 1.96 bits per heavy atom. The van der Waals surface area contributed by atoms with Crippen LogP contribution < -0.4 is 0 Å². The molecule has 9 heteroatoms. The van der Waals surface area contributed by atoms with Crippen molar-refractivity contribution in [2.45, 2.75) is 25.6 Å². The van der Waals surface area contributed by atoms with Gasteiger partial charge >= 0.3 is 12.1 Å². The molecule has 0 bridgehead atoms. The third kappa shape index (κ3) is 4.69. The molecule has 26 heavy (non-hydrogen) atoms. The molecule has 0 aliphatic carbocycles. The van der Waals surface area contributed by atoms with Crippen molar-refractivity contribution in [3.05, 3.63) is 58.1 Å². The number of aromatic nitrogens is 2. The maximum atomic E-state index is 12.5. The molecule has 3 aromatic rings. The average Bonchev–Trinajstić information content (AvgIpc) is 3.29. The highest BCUT2D eigenvalue weighted by atomic mass is 32.1. The summed E-state index contributed by atoms with van der Waals surface area (Å²) in [4.78, 5) is 16.0. The normalized spacial score (nSPS) is 11.5. The minimum Gasteiger partial charge on any atom is -0.461 e. The average molecular weight is 382 g/mol. The number of halogens is 3. The van der Waals surface area contributed by atoms with E-state index in [0.717, 1.165) is 17.7 Å². The Balaban J connectivity index is 1.46. The maximum absolute atomic E-state index is 12.5. The highest BCUT2D eigenvalue weighted by molar-refractivity contribution is 7.08. The number of hydrogen-bond acceptors (Lipinski definition) is 6. The molecule has 3 rings (SSSR count). The van der Waals surface area contributed by atoms with Gasteiger partial charge in [0.1, 0.15) is 6.61 Å². The second-order valence-electron chi connectivity index (χ2n) is 5.38. The van der Waals surface area contributed by atoms with E-state index in [1.54, 1.807) is 0 Å². The van der Waals surface area contributed by atoms with Crippen molar-refractivity contribution >= 4 is 17.3 Å². The predicted octanol–water partition coefficient (Wildman–Crippen LogP) is 4.49. The van der Waals surface area contributed by atoms with Gasteiger partial charge in [0, 0.05) is 17.4 Å². The lowest BCUT2D eigenvalue weighted by Gasteiger charge is -2.08. The van der Waals surface area contributed by atoms with E-state index in [4.69, 9.17) is 9.26 Å². The molecule has 136 valence electrons. The van der Waals surface area contributed by atoms with Crippen LogP contribution in [0, 0.1) is 0 Å². The number of carbonyl (C=O) groups excluding carboxylic acids is 1. The molecule has 0 N–H and O–H groups in total. The van der Waals surface area contributed by atoms with E-state index in [0.29, 0.717) is 17.3 Å². The van der Waals surface area contributed by atoms with Gasteiger partial charge in [-0.3, -0.25) is 4.79 Å². The lowest BCUT2D eigenvalue weighted by Crippen LogP contribution is -2.07. The highest BCUT2D eigenvalue weighted by Gasteiger charge is 2.29. The number of rotatable bonds is 6. The number of esters is 1. The van der Waals surface area contributed by atoms with Crippen molar-refractivity contribution in [3.8, 4) is 11.4 Å². The van der Waals surface area contributed by atoms with Gasteiger partial charge in [-0.25, -0.2) is 0 Å². The third-order valence-corrected chi connectivity index (χ3v) is 4.15. The number of hydrogen-bond donors (Lipinski definition) is 0. The van der Waals surface area contributed by atoms with Gasteiger partial charge in [-0.05, 0) is 29.1 Å². The third-order valence-electron chi connectivity index (χ3n) is 3.47. The van der Waals surface area contributed by atoms with Gasteiger partial charge in [0.15, 0.2) is 0 Å². The Bertz CT molecular complexity index is 858. The number of alkyl halides is 3. The first-order valence-electron chi connectivity index (χ1n) is 7.59. The van der Waals surface area contributed by atoms with Crippen LogP contribution in [0.5, 0.6) is 0 Å². The van der Waals surface area contributed by atoms with E-state index in [1.165, 1.54) is 23.5 Å². The highest BCUT2D eigenvalue weighted by Crippen LogP contribution is 2.29. The number of carbonyl (C=O) groups is 1. The summed E-state index contributed by atoms with van der Waals surface area (Å²) >= 11 is 1.51. The fourth-order valence-electron chi connectivity index (χ4n) is 2.10. The molecule has 0 unspecified atom stereocenters. The molecule has 2 aromatic heterocycles. The summed E-state index contributed by atoms with van der Waals surface area (Å²) in [6.07, 6.45) is -4.13. The Kier molecular flexibility index (Phi) is 5.36. The van der Waals surface area contributed by atoms with E-state index in [2.05, 4.69) is 10.1 Å². The molecule has 0 fully saturated rings. The van der Waals surface area contributed by atoms with Gasteiger partial charge < -0.3 is 9.26 Å². The summed E-state index contributed by atoms with van der Waals surface area (Å²) in [7, 11) is 0. The molecule has 0 radical (unpaired) electrons. The largest absolute Gasteiger partial charge is 0.461 e. The van der Waals surface area contributed by atoms with Crippen LogP contribution in [0.25, 0.3) is 11.4 Å². The van der Waals surface area contributed by atoms with E-state index in [-0.39, 0.29) is 19.4 Å². The van der Waals surface area contributed by atoms with Crippen LogP contribution in [0.2, 0.25) is 0 Å². The van der Waals surface area contributed by atoms with Crippen LogP contribution in [-0.4, -0.2) is 16.1 Å². The molecule has 0 saturated carbocycles.